The Bertz CT molecular complexity index is 739. The maximum atomic E-state index is 12.8. The molecule has 2 amide bonds. The van der Waals surface area contributed by atoms with Crippen LogP contribution in [0.3, 0.4) is 0 Å². The Morgan fingerprint density at radius 2 is 1.67 bits per heavy atom. The van der Waals surface area contributed by atoms with Crippen LogP contribution in [-0.2, 0) is 9.59 Å². The number of rotatable bonds is 5. The van der Waals surface area contributed by atoms with Gasteiger partial charge in [0.15, 0.2) is 6.10 Å². The quantitative estimate of drug-likeness (QED) is 0.772. The molecule has 3 unspecified atom stereocenters. The standard InChI is InChI=1S/C23H33N3O3.ClH/c1-16-5-3-4-6-21(16)29-17(2)23(28)26-11-9-25(10-12-26)22(27)15-18-13-19-7-8-20(14-18)24-19;/h3-6,17-20,24H,7-15H2,1-2H3;1H. The molecule has 3 atom stereocenters. The fourth-order valence-electron chi connectivity index (χ4n) is 5.08. The SMILES string of the molecule is Cc1ccccc1OC(C)C(=O)N1CCN(C(=O)CC2CC3CCC(C2)N3)CC1.Cl. The van der Waals surface area contributed by atoms with E-state index >= 15 is 0 Å². The maximum absolute atomic E-state index is 12.8. The number of nitrogens with zero attached hydrogens (tertiary/aromatic N) is 2. The Kier molecular flexibility index (Phi) is 7.64. The number of hydrogen-bond acceptors (Lipinski definition) is 4. The molecule has 0 spiro atoms. The van der Waals surface area contributed by atoms with E-state index in [4.69, 9.17) is 4.74 Å². The first-order chi connectivity index (χ1) is 14.0. The topological polar surface area (TPSA) is 61.9 Å². The van der Waals surface area contributed by atoms with Crippen molar-refractivity contribution >= 4 is 24.2 Å². The average molecular weight is 436 g/mol. The summed E-state index contributed by atoms with van der Waals surface area (Å²) in [7, 11) is 0. The Morgan fingerprint density at radius 1 is 1.07 bits per heavy atom. The monoisotopic (exact) mass is 435 g/mol. The van der Waals surface area contributed by atoms with Crippen LogP contribution in [0.15, 0.2) is 24.3 Å². The van der Waals surface area contributed by atoms with Crippen LogP contribution in [0.1, 0.15) is 44.6 Å². The molecule has 3 aliphatic heterocycles. The van der Waals surface area contributed by atoms with Crippen LogP contribution in [0.2, 0.25) is 0 Å². The number of ether oxygens (including phenoxy) is 1. The van der Waals surface area contributed by atoms with Gasteiger partial charge in [-0.3, -0.25) is 9.59 Å². The second-order valence-electron chi connectivity index (χ2n) is 8.91. The Hall–Kier alpha value is -1.79. The number of carbonyl (C=O) groups excluding carboxylic acids is 2. The highest BCUT2D eigenvalue weighted by atomic mass is 35.5. The number of amides is 2. The van der Waals surface area contributed by atoms with Crippen LogP contribution < -0.4 is 10.1 Å². The molecule has 6 nitrogen and oxygen atoms in total. The minimum Gasteiger partial charge on any atom is -0.481 e. The van der Waals surface area contributed by atoms with Crippen LogP contribution in [-0.4, -0.2) is 66.0 Å². The highest BCUT2D eigenvalue weighted by Gasteiger charge is 2.35. The summed E-state index contributed by atoms with van der Waals surface area (Å²) in [6.07, 6.45) is 4.93. The second kappa shape index (κ2) is 10.0. The Morgan fingerprint density at radius 3 is 2.30 bits per heavy atom. The summed E-state index contributed by atoms with van der Waals surface area (Å²) in [6.45, 7) is 6.20. The summed E-state index contributed by atoms with van der Waals surface area (Å²) in [4.78, 5) is 29.3. The molecule has 166 valence electrons. The number of piperazine rings is 1. The molecule has 0 saturated carbocycles. The number of benzene rings is 1. The first-order valence-corrected chi connectivity index (χ1v) is 11.0. The first-order valence-electron chi connectivity index (χ1n) is 11.0. The minimum absolute atomic E-state index is 0. The van der Waals surface area contributed by atoms with Crippen molar-refractivity contribution < 1.29 is 14.3 Å². The average Bonchev–Trinajstić information content (AvgIpc) is 3.07. The minimum atomic E-state index is -0.524. The molecule has 0 aromatic heterocycles. The normalized spacial score (nSPS) is 26.7. The van der Waals surface area contributed by atoms with E-state index in [9.17, 15) is 9.59 Å². The number of carbonyl (C=O) groups is 2. The Balaban J connectivity index is 0.00000256. The van der Waals surface area contributed by atoms with Crippen molar-refractivity contribution in [1.29, 1.82) is 0 Å². The van der Waals surface area contributed by atoms with Crippen LogP contribution >= 0.6 is 12.4 Å². The van der Waals surface area contributed by atoms with Crippen LogP contribution in [0.25, 0.3) is 0 Å². The predicted molar refractivity (Wildman–Crippen MR) is 119 cm³/mol. The van der Waals surface area contributed by atoms with E-state index in [1.165, 1.54) is 12.8 Å². The lowest BCUT2D eigenvalue weighted by atomic mass is 9.89. The molecular formula is C23H34ClN3O3. The molecule has 4 rings (SSSR count). The molecule has 3 aliphatic rings. The van der Waals surface area contributed by atoms with Crippen LogP contribution in [0, 0.1) is 12.8 Å². The van der Waals surface area contributed by atoms with Crippen molar-refractivity contribution in [3.05, 3.63) is 29.8 Å². The van der Waals surface area contributed by atoms with Gasteiger partial charge >= 0.3 is 0 Å². The number of halogens is 1. The molecular weight excluding hydrogens is 402 g/mol. The van der Waals surface area contributed by atoms with Crippen molar-refractivity contribution in [3.8, 4) is 5.75 Å². The van der Waals surface area contributed by atoms with E-state index in [-0.39, 0.29) is 24.2 Å². The molecule has 0 radical (unpaired) electrons. The molecule has 1 N–H and O–H groups in total. The molecule has 3 saturated heterocycles. The number of fused-ring (bicyclic) bond motifs is 2. The molecule has 3 heterocycles. The van der Waals surface area contributed by atoms with Gasteiger partial charge < -0.3 is 19.9 Å². The van der Waals surface area contributed by atoms with Gasteiger partial charge in [0.05, 0.1) is 0 Å². The van der Waals surface area contributed by atoms with E-state index in [1.54, 1.807) is 6.92 Å². The first kappa shape index (κ1) is 22.9. The molecule has 1 aromatic carbocycles. The van der Waals surface area contributed by atoms with Crippen molar-refractivity contribution in [3.63, 3.8) is 0 Å². The van der Waals surface area contributed by atoms with Gasteiger partial charge in [-0.05, 0) is 57.1 Å². The van der Waals surface area contributed by atoms with E-state index in [0.29, 0.717) is 50.6 Å². The van der Waals surface area contributed by atoms with Crippen LogP contribution in [0.5, 0.6) is 5.75 Å². The zero-order valence-electron chi connectivity index (χ0n) is 18.0. The summed E-state index contributed by atoms with van der Waals surface area (Å²) < 4.78 is 5.88. The van der Waals surface area contributed by atoms with Gasteiger partial charge in [0.2, 0.25) is 5.91 Å². The van der Waals surface area contributed by atoms with Crippen LogP contribution in [0.4, 0.5) is 0 Å². The largest absolute Gasteiger partial charge is 0.481 e. The van der Waals surface area contributed by atoms with E-state index in [1.807, 2.05) is 41.0 Å². The number of hydrogen-bond donors (Lipinski definition) is 1. The van der Waals surface area contributed by atoms with E-state index < -0.39 is 6.10 Å². The van der Waals surface area contributed by atoms with Crippen molar-refractivity contribution in [1.82, 2.24) is 15.1 Å². The van der Waals surface area contributed by atoms with Gasteiger partial charge in [-0.15, -0.1) is 12.4 Å². The summed E-state index contributed by atoms with van der Waals surface area (Å²) in [5, 5.41) is 3.64. The second-order valence-corrected chi connectivity index (χ2v) is 8.91. The number of aryl methyl sites for hydroxylation is 1. The number of para-hydroxylation sites is 1. The molecule has 0 aliphatic carbocycles. The zero-order valence-corrected chi connectivity index (χ0v) is 18.8. The fraction of sp³-hybridized carbons (Fsp3) is 0.652. The smallest absolute Gasteiger partial charge is 0.263 e. The lowest BCUT2D eigenvalue weighted by Crippen LogP contribution is -2.53. The van der Waals surface area contributed by atoms with Gasteiger partial charge in [0.25, 0.3) is 5.91 Å². The lowest BCUT2D eigenvalue weighted by molar-refractivity contribution is -0.144. The number of nitrogens with one attached hydrogen (secondary N) is 1. The number of piperidine rings is 1. The summed E-state index contributed by atoms with van der Waals surface area (Å²) >= 11 is 0. The highest BCUT2D eigenvalue weighted by molar-refractivity contribution is 5.85. The third kappa shape index (κ3) is 5.27. The summed E-state index contributed by atoms with van der Waals surface area (Å²) in [5.74, 6) is 1.52. The zero-order chi connectivity index (χ0) is 20.4. The third-order valence-electron chi connectivity index (χ3n) is 6.72. The van der Waals surface area contributed by atoms with Gasteiger partial charge in [0, 0.05) is 44.7 Å². The lowest BCUT2D eigenvalue weighted by Gasteiger charge is -2.37. The fourth-order valence-corrected chi connectivity index (χ4v) is 5.08. The van der Waals surface area contributed by atoms with Gasteiger partial charge in [-0.2, -0.15) is 0 Å². The summed E-state index contributed by atoms with van der Waals surface area (Å²) in [6, 6.07) is 8.98. The molecule has 3 fully saturated rings. The predicted octanol–water partition coefficient (Wildman–Crippen LogP) is 2.78. The van der Waals surface area contributed by atoms with Crippen molar-refractivity contribution in [2.45, 2.75) is 64.1 Å². The molecule has 1 aromatic rings. The molecule has 7 heteroatoms. The van der Waals surface area contributed by atoms with E-state index in [0.717, 1.165) is 24.2 Å². The summed E-state index contributed by atoms with van der Waals surface area (Å²) in [5.41, 5.74) is 1.02. The Labute approximate surface area is 185 Å². The van der Waals surface area contributed by atoms with Gasteiger partial charge in [0.1, 0.15) is 5.75 Å². The van der Waals surface area contributed by atoms with E-state index in [2.05, 4.69) is 5.32 Å². The van der Waals surface area contributed by atoms with Crippen molar-refractivity contribution in [2.75, 3.05) is 26.2 Å². The maximum Gasteiger partial charge on any atom is 0.263 e. The van der Waals surface area contributed by atoms with Gasteiger partial charge in [-0.25, -0.2) is 0 Å². The molecule has 2 bridgehead atoms. The molecule has 30 heavy (non-hydrogen) atoms. The third-order valence-corrected chi connectivity index (χ3v) is 6.72. The van der Waals surface area contributed by atoms with Crippen molar-refractivity contribution in [2.24, 2.45) is 5.92 Å². The van der Waals surface area contributed by atoms with Gasteiger partial charge in [-0.1, -0.05) is 18.2 Å². The highest BCUT2D eigenvalue weighted by Crippen LogP contribution is 2.33.